The van der Waals surface area contributed by atoms with E-state index in [0.717, 1.165) is 17.7 Å². The molecule has 0 aliphatic heterocycles. The summed E-state index contributed by atoms with van der Waals surface area (Å²) in [6.45, 7) is 2.42. The summed E-state index contributed by atoms with van der Waals surface area (Å²) in [6, 6.07) is 0. The molecule has 0 aliphatic carbocycles. The van der Waals surface area contributed by atoms with Crippen LogP contribution >= 0.6 is 15.9 Å². The number of nitrogens with zero attached hydrogens (tertiary/aromatic N) is 2. The highest BCUT2D eigenvalue weighted by Gasteiger charge is 2.32. The summed E-state index contributed by atoms with van der Waals surface area (Å²) < 4.78 is 37.8. The van der Waals surface area contributed by atoms with E-state index in [0.29, 0.717) is 6.54 Å². The Balaban J connectivity index is 2.69. The Morgan fingerprint density at radius 3 is 2.64 bits per heavy atom. The third-order valence-electron chi connectivity index (χ3n) is 1.72. The molecule has 0 saturated heterocycles. The first-order chi connectivity index (χ1) is 6.43. The topological polar surface area (TPSA) is 17.8 Å². The Labute approximate surface area is 88.2 Å². The lowest BCUT2D eigenvalue weighted by atomic mass is 10.2. The minimum atomic E-state index is -4.30. The Bertz CT molecular complexity index is 295. The molecular formula is C8H10BrF3N2. The van der Waals surface area contributed by atoms with Gasteiger partial charge in [0.2, 0.25) is 0 Å². The first-order valence-electron chi connectivity index (χ1n) is 4.09. The van der Waals surface area contributed by atoms with Gasteiger partial charge in [0.1, 0.15) is 0 Å². The predicted molar refractivity (Wildman–Crippen MR) is 50.2 cm³/mol. The number of aromatic nitrogens is 2. The van der Waals surface area contributed by atoms with E-state index in [-0.39, 0.29) is 5.92 Å². The summed E-state index contributed by atoms with van der Waals surface area (Å²) in [4.78, 5) is 0. The van der Waals surface area contributed by atoms with Crippen LogP contribution in [-0.2, 0) is 12.7 Å². The SMILES string of the molecule is CC(CBr)Cn1cc(C(F)(F)F)cn1. The first kappa shape index (κ1) is 11.6. The molecule has 0 saturated carbocycles. The van der Waals surface area contributed by atoms with Gasteiger partial charge in [-0.2, -0.15) is 18.3 Å². The van der Waals surface area contributed by atoms with Gasteiger partial charge in [-0.1, -0.05) is 22.9 Å². The van der Waals surface area contributed by atoms with Crippen LogP contribution in [0, 0.1) is 5.92 Å². The number of hydrogen-bond donors (Lipinski definition) is 0. The molecule has 1 unspecified atom stereocenters. The lowest BCUT2D eigenvalue weighted by Crippen LogP contribution is -2.09. The molecule has 80 valence electrons. The maximum absolute atomic E-state index is 12.2. The van der Waals surface area contributed by atoms with Gasteiger partial charge in [0.15, 0.2) is 0 Å². The lowest BCUT2D eigenvalue weighted by molar-refractivity contribution is -0.137. The van der Waals surface area contributed by atoms with Crippen molar-refractivity contribution in [3.05, 3.63) is 18.0 Å². The van der Waals surface area contributed by atoms with Crippen LogP contribution in [0.15, 0.2) is 12.4 Å². The second-order valence-electron chi connectivity index (χ2n) is 3.21. The highest BCUT2D eigenvalue weighted by atomic mass is 79.9. The summed E-state index contributed by atoms with van der Waals surface area (Å²) in [5, 5.41) is 4.39. The molecule has 0 radical (unpaired) electrons. The molecule has 0 bridgehead atoms. The Kier molecular flexibility index (Phi) is 3.58. The maximum Gasteiger partial charge on any atom is 0.419 e. The van der Waals surface area contributed by atoms with Gasteiger partial charge in [-0.05, 0) is 5.92 Å². The van der Waals surface area contributed by atoms with Crippen molar-refractivity contribution in [3.8, 4) is 0 Å². The van der Waals surface area contributed by atoms with Crippen LogP contribution in [0.5, 0.6) is 0 Å². The minimum absolute atomic E-state index is 0.260. The summed E-state index contributed by atoms with van der Waals surface area (Å²) in [7, 11) is 0. The van der Waals surface area contributed by atoms with Crippen molar-refractivity contribution in [2.75, 3.05) is 5.33 Å². The average molecular weight is 271 g/mol. The number of rotatable bonds is 3. The molecule has 0 aliphatic rings. The zero-order valence-corrected chi connectivity index (χ0v) is 9.14. The van der Waals surface area contributed by atoms with Crippen molar-refractivity contribution >= 4 is 15.9 Å². The summed E-state index contributed by atoms with van der Waals surface area (Å²) in [5.74, 6) is 0.260. The van der Waals surface area contributed by atoms with Gasteiger partial charge >= 0.3 is 6.18 Å². The third-order valence-corrected chi connectivity index (χ3v) is 2.83. The van der Waals surface area contributed by atoms with Crippen molar-refractivity contribution in [1.82, 2.24) is 9.78 Å². The van der Waals surface area contributed by atoms with Crippen LogP contribution in [0.4, 0.5) is 13.2 Å². The zero-order valence-electron chi connectivity index (χ0n) is 7.55. The molecule has 0 aromatic carbocycles. The van der Waals surface area contributed by atoms with E-state index in [1.165, 1.54) is 4.68 Å². The molecule has 2 nitrogen and oxygen atoms in total. The van der Waals surface area contributed by atoms with E-state index in [4.69, 9.17) is 0 Å². The third kappa shape index (κ3) is 3.01. The normalized spacial score (nSPS) is 14.4. The predicted octanol–water partition coefficient (Wildman–Crippen LogP) is 2.93. The number of halogens is 4. The molecule has 6 heteroatoms. The van der Waals surface area contributed by atoms with Gasteiger partial charge in [0, 0.05) is 18.1 Å². The summed E-state index contributed by atoms with van der Waals surface area (Å²) in [5.41, 5.74) is -0.695. The zero-order chi connectivity index (χ0) is 10.8. The average Bonchev–Trinajstić information content (AvgIpc) is 2.51. The van der Waals surface area contributed by atoms with E-state index >= 15 is 0 Å². The van der Waals surface area contributed by atoms with E-state index < -0.39 is 11.7 Å². The molecule has 14 heavy (non-hydrogen) atoms. The highest BCUT2D eigenvalue weighted by Crippen LogP contribution is 2.28. The van der Waals surface area contributed by atoms with Crippen molar-refractivity contribution in [1.29, 1.82) is 0 Å². The van der Waals surface area contributed by atoms with Crippen molar-refractivity contribution < 1.29 is 13.2 Å². The van der Waals surface area contributed by atoms with Crippen LogP contribution in [0.3, 0.4) is 0 Å². The number of hydrogen-bond acceptors (Lipinski definition) is 1. The second kappa shape index (κ2) is 4.33. The quantitative estimate of drug-likeness (QED) is 0.773. The molecular weight excluding hydrogens is 261 g/mol. The van der Waals surface area contributed by atoms with E-state index in [1.807, 2.05) is 6.92 Å². The summed E-state index contributed by atoms with van der Waals surface area (Å²) >= 11 is 3.26. The smallest absolute Gasteiger partial charge is 0.272 e. The van der Waals surface area contributed by atoms with Crippen LogP contribution < -0.4 is 0 Å². The monoisotopic (exact) mass is 270 g/mol. The largest absolute Gasteiger partial charge is 0.419 e. The van der Waals surface area contributed by atoms with Gasteiger partial charge < -0.3 is 0 Å². The van der Waals surface area contributed by atoms with Gasteiger partial charge in [-0.15, -0.1) is 0 Å². The molecule has 0 N–H and O–H groups in total. The van der Waals surface area contributed by atoms with E-state index in [9.17, 15) is 13.2 Å². The van der Waals surface area contributed by atoms with Crippen LogP contribution in [0.2, 0.25) is 0 Å². The minimum Gasteiger partial charge on any atom is -0.272 e. The van der Waals surface area contributed by atoms with Gasteiger partial charge in [0.05, 0.1) is 11.8 Å². The standard InChI is InChI=1S/C8H10BrF3N2/c1-6(2-9)4-14-5-7(3-13-14)8(10,11)12/h3,5-6H,2,4H2,1H3. The fraction of sp³-hybridized carbons (Fsp3) is 0.625. The molecule has 0 amide bonds. The Hall–Kier alpha value is -0.520. The summed E-state index contributed by atoms with van der Waals surface area (Å²) in [6.07, 6.45) is -2.42. The van der Waals surface area contributed by atoms with Crippen molar-refractivity contribution in [3.63, 3.8) is 0 Å². The van der Waals surface area contributed by atoms with E-state index in [2.05, 4.69) is 21.0 Å². The van der Waals surface area contributed by atoms with Crippen LogP contribution in [0.25, 0.3) is 0 Å². The fourth-order valence-corrected chi connectivity index (χ4v) is 1.18. The first-order valence-corrected chi connectivity index (χ1v) is 5.21. The molecule has 1 heterocycles. The highest BCUT2D eigenvalue weighted by molar-refractivity contribution is 9.09. The van der Waals surface area contributed by atoms with E-state index in [1.54, 1.807) is 0 Å². The van der Waals surface area contributed by atoms with Gasteiger partial charge in [0.25, 0.3) is 0 Å². The van der Waals surface area contributed by atoms with Gasteiger partial charge in [-0.3, -0.25) is 4.68 Å². The lowest BCUT2D eigenvalue weighted by Gasteiger charge is -2.06. The fourth-order valence-electron chi connectivity index (χ4n) is 0.978. The Morgan fingerprint density at radius 2 is 2.21 bits per heavy atom. The van der Waals surface area contributed by atoms with Crippen molar-refractivity contribution in [2.24, 2.45) is 5.92 Å². The molecule has 1 rings (SSSR count). The molecule has 1 aromatic rings. The maximum atomic E-state index is 12.2. The molecule has 0 spiro atoms. The molecule has 1 atom stereocenters. The number of alkyl halides is 4. The van der Waals surface area contributed by atoms with Crippen LogP contribution in [-0.4, -0.2) is 15.1 Å². The van der Waals surface area contributed by atoms with Crippen LogP contribution in [0.1, 0.15) is 12.5 Å². The van der Waals surface area contributed by atoms with Crippen molar-refractivity contribution in [2.45, 2.75) is 19.6 Å². The Morgan fingerprint density at radius 1 is 1.57 bits per heavy atom. The molecule has 0 fully saturated rings. The molecule has 1 aromatic heterocycles. The van der Waals surface area contributed by atoms with Gasteiger partial charge in [-0.25, -0.2) is 0 Å². The second-order valence-corrected chi connectivity index (χ2v) is 3.86.